The van der Waals surface area contributed by atoms with Crippen LogP contribution in [0.3, 0.4) is 0 Å². The number of nitrogens with zero attached hydrogens (tertiary/aromatic N) is 3. The summed E-state index contributed by atoms with van der Waals surface area (Å²) in [4.78, 5) is 15.0. The summed E-state index contributed by atoms with van der Waals surface area (Å²) in [5.74, 6) is 0.946. The predicted molar refractivity (Wildman–Crippen MR) is 90.4 cm³/mol. The molecule has 1 amide bonds. The highest BCUT2D eigenvalue weighted by Gasteiger charge is 2.43. The Labute approximate surface area is 143 Å². The van der Waals surface area contributed by atoms with Crippen molar-refractivity contribution in [3.63, 3.8) is 0 Å². The summed E-state index contributed by atoms with van der Waals surface area (Å²) in [6.07, 6.45) is 9.95. The molecule has 3 aliphatic rings. The third-order valence-electron chi connectivity index (χ3n) is 6.06. The van der Waals surface area contributed by atoms with Crippen molar-refractivity contribution in [2.45, 2.75) is 56.7 Å². The molecule has 0 spiro atoms. The molecule has 1 N–H and O–H groups in total. The van der Waals surface area contributed by atoms with Crippen LogP contribution >= 0.6 is 0 Å². The number of morpholine rings is 1. The molecule has 3 heterocycles. The molecule has 1 saturated carbocycles. The molecule has 4 rings (SSSR count). The maximum absolute atomic E-state index is 13.1. The Morgan fingerprint density at radius 2 is 2.25 bits per heavy atom. The normalized spacial score (nSPS) is 36.6. The van der Waals surface area contributed by atoms with Crippen LogP contribution < -0.4 is 5.32 Å². The van der Waals surface area contributed by atoms with E-state index in [1.807, 2.05) is 24.3 Å². The summed E-state index contributed by atoms with van der Waals surface area (Å²) in [5.41, 5.74) is 0.573. The van der Waals surface area contributed by atoms with Crippen LogP contribution in [0.25, 0.3) is 0 Å². The van der Waals surface area contributed by atoms with Gasteiger partial charge in [0.25, 0.3) is 0 Å². The van der Waals surface area contributed by atoms with Crippen molar-refractivity contribution >= 4 is 5.91 Å². The van der Waals surface area contributed by atoms with Crippen LogP contribution in [0.1, 0.15) is 44.6 Å². The topological polar surface area (TPSA) is 59.4 Å². The lowest BCUT2D eigenvalue weighted by atomic mass is 9.85. The van der Waals surface area contributed by atoms with Crippen molar-refractivity contribution in [3.05, 3.63) is 18.0 Å². The van der Waals surface area contributed by atoms with Crippen LogP contribution in [0.2, 0.25) is 0 Å². The molecule has 132 valence electrons. The second-order valence-corrected chi connectivity index (χ2v) is 7.85. The number of aryl methyl sites for hydroxylation is 1. The van der Waals surface area contributed by atoms with E-state index in [2.05, 4.69) is 17.3 Å². The Kier molecular flexibility index (Phi) is 4.12. The molecule has 2 aliphatic heterocycles. The van der Waals surface area contributed by atoms with E-state index in [-0.39, 0.29) is 11.9 Å². The predicted octanol–water partition coefficient (Wildman–Crippen LogP) is 1.41. The smallest absolute Gasteiger partial charge is 0.239 e. The highest BCUT2D eigenvalue weighted by atomic mass is 16.5. The number of hydrogen-bond donors (Lipinski definition) is 1. The average molecular weight is 332 g/mol. The van der Waals surface area contributed by atoms with Crippen LogP contribution in [-0.4, -0.2) is 52.4 Å². The van der Waals surface area contributed by atoms with E-state index in [0.29, 0.717) is 31.7 Å². The number of hydrogen-bond acceptors (Lipinski definition) is 4. The highest BCUT2D eigenvalue weighted by Crippen LogP contribution is 2.35. The fourth-order valence-electron chi connectivity index (χ4n) is 4.66. The van der Waals surface area contributed by atoms with E-state index >= 15 is 0 Å². The monoisotopic (exact) mass is 332 g/mol. The van der Waals surface area contributed by atoms with Gasteiger partial charge in [-0.05, 0) is 32.1 Å². The van der Waals surface area contributed by atoms with E-state index in [0.717, 1.165) is 12.0 Å². The molecular weight excluding hydrogens is 304 g/mol. The minimum Gasteiger partial charge on any atom is -0.367 e. The zero-order valence-corrected chi connectivity index (χ0v) is 14.7. The molecule has 4 atom stereocenters. The largest absolute Gasteiger partial charge is 0.367 e. The van der Waals surface area contributed by atoms with E-state index in [1.165, 1.54) is 25.7 Å². The summed E-state index contributed by atoms with van der Waals surface area (Å²) in [6.45, 7) is 3.93. The molecule has 0 aromatic carbocycles. The van der Waals surface area contributed by atoms with Crippen molar-refractivity contribution < 1.29 is 9.53 Å². The van der Waals surface area contributed by atoms with Gasteiger partial charge in [0.15, 0.2) is 0 Å². The van der Waals surface area contributed by atoms with Gasteiger partial charge >= 0.3 is 0 Å². The summed E-state index contributed by atoms with van der Waals surface area (Å²) in [5, 5.41) is 7.87. The molecular formula is C18H28N4O2. The summed E-state index contributed by atoms with van der Waals surface area (Å²) < 4.78 is 7.82. The van der Waals surface area contributed by atoms with E-state index in [4.69, 9.17) is 4.74 Å². The fraction of sp³-hybridized carbons (Fsp3) is 0.778. The van der Waals surface area contributed by atoms with Gasteiger partial charge < -0.3 is 15.0 Å². The lowest BCUT2D eigenvalue weighted by molar-refractivity contribution is -0.151. The number of aromatic nitrogens is 2. The first-order chi connectivity index (χ1) is 11.5. The van der Waals surface area contributed by atoms with Crippen molar-refractivity contribution in [1.82, 2.24) is 20.0 Å². The number of amides is 1. The minimum absolute atomic E-state index is 0.00523. The number of carbonyl (C=O) groups is 1. The fourth-order valence-corrected chi connectivity index (χ4v) is 4.66. The maximum Gasteiger partial charge on any atom is 0.239 e. The van der Waals surface area contributed by atoms with Gasteiger partial charge in [0.05, 0.1) is 25.4 Å². The van der Waals surface area contributed by atoms with Crippen LogP contribution in [0.4, 0.5) is 0 Å². The summed E-state index contributed by atoms with van der Waals surface area (Å²) in [7, 11) is 1.91. The Morgan fingerprint density at radius 3 is 3.00 bits per heavy atom. The molecule has 6 nitrogen and oxygen atoms in total. The van der Waals surface area contributed by atoms with Crippen molar-refractivity contribution in [2.24, 2.45) is 13.0 Å². The van der Waals surface area contributed by atoms with Crippen molar-refractivity contribution in [2.75, 3.05) is 19.7 Å². The first-order valence-electron chi connectivity index (χ1n) is 9.23. The zero-order chi connectivity index (χ0) is 16.7. The first kappa shape index (κ1) is 16.1. The van der Waals surface area contributed by atoms with Gasteiger partial charge in [-0.1, -0.05) is 12.8 Å². The van der Waals surface area contributed by atoms with E-state index in [9.17, 15) is 4.79 Å². The van der Waals surface area contributed by atoms with Crippen LogP contribution in [0, 0.1) is 5.92 Å². The third-order valence-corrected chi connectivity index (χ3v) is 6.06. The lowest BCUT2D eigenvalue weighted by Crippen LogP contribution is -2.54. The summed E-state index contributed by atoms with van der Waals surface area (Å²) in [6, 6.07) is 0.549. The van der Waals surface area contributed by atoms with Gasteiger partial charge in [0.2, 0.25) is 5.91 Å². The van der Waals surface area contributed by atoms with E-state index < -0.39 is 5.60 Å². The van der Waals surface area contributed by atoms with Crippen LogP contribution in [0.5, 0.6) is 0 Å². The van der Waals surface area contributed by atoms with Gasteiger partial charge in [-0.2, -0.15) is 5.10 Å². The van der Waals surface area contributed by atoms with Crippen molar-refractivity contribution in [1.29, 1.82) is 0 Å². The Bertz CT molecular complexity index is 602. The maximum atomic E-state index is 13.1. The second kappa shape index (κ2) is 6.15. The van der Waals surface area contributed by atoms with Gasteiger partial charge in [-0.25, -0.2) is 0 Å². The van der Waals surface area contributed by atoms with Crippen molar-refractivity contribution in [3.8, 4) is 0 Å². The van der Waals surface area contributed by atoms with Gasteiger partial charge in [-0.3, -0.25) is 9.48 Å². The summed E-state index contributed by atoms with van der Waals surface area (Å²) >= 11 is 0. The number of rotatable bonds is 2. The SMILES string of the molecule is Cn1cc([C@]2(C)CN(C(=O)[C@@H]3C[C@H]4CCCC[C@H]4N3)CCO2)cn1. The number of carbonyl (C=O) groups excluding carboxylic acids is 1. The van der Waals surface area contributed by atoms with Gasteiger partial charge in [0.1, 0.15) is 5.60 Å². The first-order valence-corrected chi connectivity index (χ1v) is 9.23. The second-order valence-electron chi connectivity index (χ2n) is 7.85. The van der Waals surface area contributed by atoms with Crippen LogP contribution in [0.15, 0.2) is 12.4 Å². The zero-order valence-electron chi connectivity index (χ0n) is 14.7. The number of nitrogens with one attached hydrogen (secondary N) is 1. The molecule has 3 fully saturated rings. The Morgan fingerprint density at radius 1 is 1.42 bits per heavy atom. The average Bonchev–Trinajstić information content (AvgIpc) is 3.20. The van der Waals surface area contributed by atoms with E-state index in [1.54, 1.807) is 4.68 Å². The lowest BCUT2D eigenvalue weighted by Gasteiger charge is -2.41. The standard InChI is InChI=1S/C18H28N4O2/c1-18(14-10-19-21(2)11-14)12-22(7-8-24-18)17(23)16-9-13-5-3-4-6-15(13)20-16/h10-11,13,15-16,20H,3-9,12H2,1-2H3/t13-,15-,16+,18+/m1/s1. The molecule has 0 bridgehead atoms. The number of fused-ring (bicyclic) bond motifs is 1. The number of ether oxygens (including phenoxy) is 1. The molecule has 1 aliphatic carbocycles. The Balaban J connectivity index is 1.45. The van der Waals surface area contributed by atoms with Gasteiger partial charge in [0, 0.05) is 31.4 Å². The molecule has 2 saturated heterocycles. The molecule has 1 aromatic rings. The molecule has 24 heavy (non-hydrogen) atoms. The molecule has 0 unspecified atom stereocenters. The molecule has 1 aromatic heterocycles. The van der Waals surface area contributed by atoms with Gasteiger partial charge in [-0.15, -0.1) is 0 Å². The minimum atomic E-state index is -0.465. The third kappa shape index (κ3) is 2.86. The molecule has 0 radical (unpaired) electrons. The highest BCUT2D eigenvalue weighted by molar-refractivity contribution is 5.82. The Hall–Kier alpha value is -1.40. The van der Waals surface area contributed by atoms with Crippen LogP contribution in [-0.2, 0) is 22.2 Å². The quantitative estimate of drug-likeness (QED) is 0.890. The molecule has 6 heteroatoms.